The smallest absolute Gasteiger partial charge is 0.539 e. The second-order valence-electron chi connectivity index (χ2n) is 1.20. The third kappa shape index (κ3) is 49.2. The van der Waals surface area contributed by atoms with Crippen LogP contribution in [0, 0.1) is 0 Å². The minimum Gasteiger partial charge on any atom is -0.539 e. The van der Waals surface area contributed by atoms with E-state index >= 15 is 0 Å². The van der Waals surface area contributed by atoms with E-state index in [2.05, 4.69) is 0 Å². The summed E-state index contributed by atoms with van der Waals surface area (Å²) in [5.41, 5.74) is 0. The van der Waals surface area contributed by atoms with Gasteiger partial charge in [0.05, 0.1) is 0 Å². The summed E-state index contributed by atoms with van der Waals surface area (Å²) in [7, 11) is 0. The van der Waals surface area contributed by atoms with Crippen molar-refractivity contribution in [1.82, 2.24) is 0 Å². The normalized spacial score (nSPS) is 5.18. The Morgan fingerprint density at radius 2 is 0.824 bits per heavy atom. The van der Waals surface area contributed by atoms with Crippen LogP contribution in [-0.4, -0.2) is 55.6 Å². The van der Waals surface area contributed by atoms with Crippen molar-refractivity contribution in [3.8, 4) is 0 Å². The average Bonchev–Trinajstić information content (AvgIpc) is 1.88. The van der Waals surface area contributed by atoms with Gasteiger partial charge in [-0.25, -0.2) is 14.4 Å². The summed E-state index contributed by atoms with van der Waals surface area (Å²) in [6, 6.07) is 0. The van der Waals surface area contributed by atoms with E-state index in [4.69, 9.17) is 39.6 Å². The van der Waals surface area contributed by atoms with E-state index in [9.17, 15) is 0 Å². The molecule has 17 heavy (non-hydrogen) atoms. The molecule has 0 bridgehead atoms. The summed E-state index contributed by atoms with van der Waals surface area (Å²) in [5.74, 6) is -7.66. The zero-order valence-corrected chi connectivity index (χ0v) is 12.7. The average molecular weight is 324 g/mol. The van der Waals surface area contributed by atoms with E-state index in [1.54, 1.807) is 0 Å². The van der Waals surface area contributed by atoms with Crippen LogP contribution in [0.25, 0.3) is 0 Å². The van der Waals surface area contributed by atoms with E-state index in [0.29, 0.717) is 0 Å². The van der Waals surface area contributed by atoms with Gasteiger partial charge >= 0.3 is 69.3 Å². The minimum atomic E-state index is -2.07. The maximum Gasteiger partial charge on any atom is 1.00 e. The first kappa shape index (κ1) is 43.6. The summed E-state index contributed by atoms with van der Waals surface area (Å²) in [6.07, 6.45) is 0. The van der Waals surface area contributed by atoms with Gasteiger partial charge in [-0.05, 0) is 0 Å². The minimum absolute atomic E-state index is 0. The Morgan fingerprint density at radius 1 is 0.706 bits per heavy atom. The maximum absolute atomic E-state index is 9.10. The molecule has 13 heteroatoms. The molecule has 0 aliphatic rings. The van der Waals surface area contributed by atoms with Crippen molar-refractivity contribution >= 4 is 23.9 Å². The molecule has 0 fully saturated rings. The number of carbonyl (C=O) groups excluding carboxylic acids is 1. The van der Waals surface area contributed by atoms with Crippen LogP contribution in [0.4, 0.5) is 0 Å². The van der Waals surface area contributed by atoms with Gasteiger partial charge in [0.2, 0.25) is 0 Å². The molecular formula is C4H9CrKO11. The van der Waals surface area contributed by atoms with Gasteiger partial charge in [-0.2, -0.15) is 0 Å². The van der Waals surface area contributed by atoms with E-state index in [-0.39, 0.29) is 85.2 Å². The Balaban J connectivity index is -0.0000000182. The predicted octanol–water partition coefficient (Wildman–Crippen LogP) is -8.50. The molecule has 98 valence electrons. The second kappa shape index (κ2) is 24.9. The van der Waals surface area contributed by atoms with Crippen LogP contribution in [-0.2, 0) is 36.5 Å². The quantitative estimate of drug-likeness (QED) is 0.284. The van der Waals surface area contributed by atoms with Crippen LogP contribution >= 0.6 is 0 Å². The summed E-state index contributed by atoms with van der Waals surface area (Å²) in [5, 5.41) is 31.1. The molecule has 11 nitrogen and oxygen atoms in total. The SMILES string of the molecule is O.O.O.O=C(O)C(=O)O.O=C([O-])C(=O)O.[Cr].[K+]. The molecule has 0 aromatic heterocycles. The van der Waals surface area contributed by atoms with Crippen molar-refractivity contribution in [3.05, 3.63) is 0 Å². The van der Waals surface area contributed by atoms with E-state index in [1.165, 1.54) is 0 Å². The molecule has 0 aromatic rings. The Labute approximate surface area is 147 Å². The fraction of sp³-hybridized carbons (Fsp3) is 0. The number of carboxylic acids is 4. The molecule has 0 amide bonds. The number of hydrogen-bond acceptors (Lipinski definition) is 5. The summed E-state index contributed by atoms with van der Waals surface area (Å²) in [6.45, 7) is 0. The zero-order chi connectivity index (χ0) is 10.3. The molecule has 0 saturated carbocycles. The molecule has 0 spiro atoms. The molecule has 0 aliphatic heterocycles. The van der Waals surface area contributed by atoms with Gasteiger partial charge in [-0.15, -0.1) is 0 Å². The molecule has 0 atom stereocenters. The van der Waals surface area contributed by atoms with Crippen LogP contribution < -0.4 is 56.5 Å². The van der Waals surface area contributed by atoms with Crippen LogP contribution in [0.5, 0.6) is 0 Å². The Bertz CT molecular complexity index is 180. The summed E-state index contributed by atoms with van der Waals surface area (Å²) < 4.78 is 0. The number of carbonyl (C=O) groups is 4. The van der Waals surface area contributed by atoms with Crippen LogP contribution in [0.3, 0.4) is 0 Å². The van der Waals surface area contributed by atoms with Gasteiger partial charge in [0.25, 0.3) is 0 Å². The van der Waals surface area contributed by atoms with Crippen LogP contribution in [0.15, 0.2) is 0 Å². The topological polar surface area (TPSA) is 247 Å². The number of hydrogen-bond donors (Lipinski definition) is 3. The summed E-state index contributed by atoms with van der Waals surface area (Å²) >= 11 is 0. The second-order valence-corrected chi connectivity index (χ2v) is 1.20. The molecule has 0 aromatic carbocycles. The van der Waals surface area contributed by atoms with Crippen LogP contribution in [0.2, 0.25) is 0 Å². The molecule has 0 saturated heterocycles. The number of aliphatic carboxylic acids is 4. The van der Waals surface area contributed by atoms with Crippen LogP contribution in [0.1, 0.15) is 0 Å². The van der Waals surface area contributed by atoms with Crippen molar-refractivity contribution in [2.24, 2.45) is 0 Å². The van der Waals surface area contributed by atoms with Gasteiger partial charge in [0, 0.05) is 17.4 Å². The molecule has 0 rings (SSSR count). The standard InChI is InChI=1S/2C2H2O4.Cr.K.3H2O/c2*3-1(4)2(5)6;;;;;/h2*(H,3,4)(H,5,6);;;3*1H2/q;;;+1;;;/p-1. The van der Waals surface area contributed by atoms with Crippen molar-refractivity contribution < 1.29 is 125 Å². The Morgan fingerprint density at radius 3 is 0.824 bits per heavy atom. The fourth-order valence-corrected chi connectivity index (χ4v) is 0. The largest absolute Gasteiger partial charge is 1.00 e. The van der Waals surface area contributed by atoms with E-state index in [1.807, 2.05) is 0 Å². The van der Waals surface area contributed by atoms with Gasteiger partial charge in [-0.3, -0.25) is 0 Å². The predicted molar refractivity (Wildman–Crippen MR) is 38.8 cm³/mol. The fourth-order valence-electron chi connectivity index (χ4n) is 0. The molecule has 0 aliphatic carbocycles. The molecule has 0 heterocycles. The third-order valence-corrected chi connectivity index (χ3v) is 0.358. The van der Waals surface area contributed by atoms with Crippen molar-refractivity contribution in [3.63, 3.8) is 0 Å². The zero-order valence-electron chi connectivity index (χ0n) is 8.29. The van der Waals surface area contributed by atoms with Gasteiger partial charge in [0.1, 0.15) is 0 Å². The maximum atomic E-state index is 9.10. The van der Waals surface area contributed by atoms with Gasteiger partial charge in [-0.1, -0.05) is 0 Å². The monoisotopic (exact) mass is 324 g/mol. The van der Waals surface area contributed by atoms with Crippen molar-refractivity contribution in [2.45, 2.75) is 0 Å². The van der Waals surface area contributed by atoms with E-state index in [0.717, 1.165) is 0 Å². The number of carboxylic acid groups (broad SMARTS) is 4. The van der Waals surface area contributed by atoms with E-state index < -0.39 is 23.9 Å². The molecule has 9 N–H and O–H groups in total. The van der Waals surface area contributed by atoms with Crippen molar-refractivity contribution in [1.29, 1.82) is 0 Å². The first-order valence-electron chi connectivity index (χ1n) is 2.19. The number of rotatable bonds is 0. The van der Waals surface area contributed by atoms with Crippen molar-refractivity contribution in [2.75, 3.05) is 0 Å². The third-order valence-electron chi connectivity index (χ3n) is 0.358. The molecule has 0 radical (unpaired) electrons. The summed E-state index contributed by atoms with van der Waals surface area (Å²) in [4.78, 5) is 36.2. The first-order valence-corrected chi connectivity index (χ1v) is 2.19. The van der Waals surface area contributed by atoms with Gasteiger partial charge < -0.3 is 41.6 Å². The Kier molecular flexibility index (Phi) is 63.9. The molecular weight excluding hydrogens is 315 g/mol. The first-order chi connectivity index (χ1) is 5.29. The Hall–Kier alpha value is -0.0712. The van der Waals surface area contributed by atoms with Gasteiger partial charge in [0.15, 0.2) is 5.97 Å². The molecule has 0 unspecified atom stereocenters.